The highest BCUT2D eigenvalue weighted by Crippen LogP contribution is 2.20. The van der Waals surface area contributed by atoms with E-state index in [0.717, 1.165) is 32.5 Å². The van der Waals surface area contributed by atoms with Gasteiger partial charge in [-0.3, -0.25) is 4.90 Å². The Morgan fingerprint density at radius 1 is 1.44 bits per heavy atom. The molecule has 1 aliphatic rings. The van der Waals surface area contributed by atoms with Gasteiger partial charge in [-0.15, -0.1) is 0 Å². The third-order valence-electron chi connectivity index (χ3n) is 3.05. The van der Waals surface area contributed by atoms with Crippen LogP contribution in [0.2, 0.25) is 0 Å². The highest BCUT2D eigenvalue weighted by atomic mass is 79.9. The van der Waals surface area contributed by atoms with E-state index in [1.54, 1.807) is 6.07 Å². The molecule has 18 heavy (non-hydrogen) atoms. The third kappa shape index (κ3) is 4.23. The van der Waals surface area contributed by atoms with Gasteiger partial charge in [-0.1, -0.05) is 15.9 Å². The zero-order chi connectivity index (χ0) is 13.0. The summed E-state index contributed by atoms with van der Waals surface area (Å²) in [6.07, 6.45) is 2.25. The first-order valence-electron chi connectivity index (χ1n) is 6.20. The van der Waals surface area contributed by atoms with Crippen LogP contribution in [0.3, 0.4) is 0 Å². The van der Waals surface area contributed by atoms with Crippen molar-refractivity contribution in [2.24, 2.45) is 5.73 Å². The van der Waals surface area contributed by atoms with Crippen LogP contribution in [-0.2, 0) is 0 Å². The molecule has 1 aliphatic heterocycles. The molecule has 1 aromatic carbocycles. The van der Waals surface area contributed by atoms with Gasteiger partial charge >= 0.3 is 0 Å². The van der Waals surface area contributed by atoms with Crippen LogP contribution in [0.15, 0.2) is 22.7 Å². The summed E-state index contributed by atoms with van der Waals surface area (Å²) in [6.45, 7) is 3.39. The van der Waals surface area contributed by atoms with Gasteiger partial charge < -0.3 is 10.5 Å². The average molecular weight is 317 g/mol. The van der Waals surface area contributed by atoms with E-state index in [4.69, 9.17) is 10.5 Å². The minimum atomic E-state index is -0.292. The molecular weight excluding hydrogens is 299 g/mol. The molecule has 0 amide bonds. The van der Waals surface area contributed by atoms with Gasteiger partial charge in [0.25, 0.3) is 0 Å². The van der Waals surface area contributed by atoms with E-state index < -0.39 is 0 Å². The standard InChI is InChI=1S/C13H18BrFN2O/c14-10-6-11(15)8-13(7-10)18-5-4-17-3-1-2-12(16)9-17/h6-8,12H,1-5,9,16H2. The second-order valence-corrected chi connectivity index (χ2v) is 5.57. The molecule has 1 heterocycles. The van der Waals surface area contributed by atoms with Crippen molar-refractivity contribution in [1.29, 1.82) is 0 Å². The van der Waals surface area contributed by atoms with Gasteiger partial charge in [-0.2, -0.15) is 0 Å². The molecule has 0 radical (unpaired) electrons. The van der Waals surface area contributed by atoms with Gasteiger partial charge in [0, 0.05) is 29.7 Å². The van der Waals surface area contributed by atoms with Crippen LogP contribution >= 0.6 is 15.9 Å². The molecule has 1 aromatic rings. The first-order chi connectivity index (χ1) is 8.63. The lowest BCUT2D eigenvalue weighted by Gasteiger charge is -2.30. The number of rotatable bonds is 4. The van der Waals surface area contributed by atoms with Crippen molar-refractivity contribution in [3.63, 3.8) is 0 Å². The van der Waals surface area contributed by atoms with E-state index in [2.05, 4.69) is 20.8 Å². The summed E-state index contributed by atoms with van der Waals surface area (Å²) in [5.41, 5.74) is 5.91. The highest BCUT2D eigenvalue weighted by Gasteiger charge is 2.16. The van der Waals surface area contributed by atoms with Crippen molar-refractivity contribution in [2.75, 3.05) is 26.2 Å². The lowest BCUT2D eigenvalue weighted by molar-refractivity contribution is 0.171. The zero-order valence-corrected chi connectivity index (χ0v) is 11.8. The van der Waals surface area contributed by atoms with Crippen LogP contribution in [0, 0.1) is 5.82 Å². The summed E-state index contributed by atoms with van der Waals surface area (Å²) in [7, 11) is 0. The molecule has 1 unspecified atom stereocenters. The molecule has 1 fully saturated rings. The van der Waals surface area contributed by atoms with Crippen LogP contribution in [0.4, 0.5) is 4.39 Å². The van der Waals surface area contributed by atoms with E-state index in [1.165, 1.54) is 12.1 Å². The fourth-order valence-corrected chi connectivity index (χ4v) is 2.64. The fraction of sp³-hybridized carbons (Fsp3) is 0.538. The largest absolute Gasteiger partial charge is 0.492 e. The van der Waals surface area contributed by atoms with Crippen LogP contribution in [0.1, 0.15) is 12.8 Å². The van der Waals surface area contributed by atoms with Gasteiger partial charge in [-0.25, -0.2) is 4.39 Å². The van der Waals surface area contributed by atoms with Gasteiger partial charge in [0.05, 0.1) is 0 Å². The number of benzene rings is 1. The van der Waals surface area contributed by atoms with Crippen LogP contribution in [-0.4, -0.2) is 37.2 Å². The molecule has 0 aliphatic carbocycles. The summed E-state index contributed by atoms with van der Waals surface area (Å²) in [5, 5.41) is 0. The molecule has 1 atom stereocenters. The monoisotopic (exact) mass is 316 g/mol. The number of hydrogen-bond acceptors (Lipinski definition) is 3. The second-order valence-electron chi connectivity index (χ2n) is 4.66. The van der Waals surface area contributed by atoms with Crippen molar-refractivity contribution >= 4 is 15.9 Å². The molecule has 3 nitrogen and oxygen atoms in total. The van der Waals surface area contributed by atoms with E-state index in [0.29, 0.717) is 16.8 Å². The first-order valence-corrected chi connectivity index (χ1v) is 6.99. The maximum Gasteiger partial charge on any atom is 0.128 e. The number of ether oxygens (including phenoxy) is 1. The Morgan fingerprint density at radius 3 is 3.00 bits per heavy atom. The summed E-state index contributed by atoms with van der Waals surface area (Å²) in [4.78, 5) is 2.29. The molecule has 2 rings (SSSR count). The number of halogens is 2. The Bertz CT molecular complexity index is 382. The minimum absolute atomic E-state index is 0.280. The normalized spacial score (nSPS) is 20.9. The number of hydrogen-bond donors (Lipinski definition) is 1. The Labute approximate surface area is 115 Å². The van der Waals surface area contributed by atoms with E-state index in [-0.39, 0.29) is 11.9 Å². The molecule has 1 saturated heterocycles. The number of likely N-dealkylation sites (tertiary alicyclic amines) is 1. The third-order valence-corrected chi connectivity index (χ3v) is 3.51. The molecule has 0 bridgehead atoms. The molecule has 0 aromatic heterocycles. The van der Waals surface area contributed by atoms with Gasteiger partial charge in [0.2, 0.25) is 0 Å². The predicted octanol–water partition coefficient (Wildman–Crippen LogP) is 2.39. The van der Waals surface area contributed by atoms with Crippen molar-refractivity contribution in [3.05, 3.63) is 28.5 Å². The topological polar surface area (TPSA) is 38.5 Å². The Kier molecular flexibility index (Phi) is 4.97. The highest BCUT2D eigenvalue weighted by molar-refractivity contribution is 9.10. The molecule has 100 valence electrons. The minimum Gasteiger partial charge on any atom is -0.492 e. The number of nitrogens with two attached hydrogens (primary N) is 1. The molecule has 2 N–H and O–H groups in total. The first kappa shape index (κ1) is 13.8. The molecule has 0 spiro atoms. The van der Waals surface area contributed by atoms with Gasteiger partial charge in [0.15, 0.2) is 0 Å². The van der Waals surface area contributed by atoms with Crippen molar-refractivity contribution in [1.82, 2.24) is 4.90 Å². The Morgan fingerprint density at radius 2 is 2.28 bits per heavy atom. The summed E-state index contributed by atoms with van der Waals surface area (Å²) in [6, 6.07) is 4.86. The maximum atomic E-state index is 13.1. The quantitative estimate of drug-likeness (QED) is 0.927. The lowest BCUT2D eigenvalue weighted by Crippen LogP contribution is -2.44. The fourth-order valence-electron chi connectivity index (χ4n) is 2.20. The molecule has 0 saturated carbocycles. The maximum absolute atomic E-state index is 13.1. The second kappa shape index (κ2) is 6.50. The zero-order valence-electron chi connectivity index (χ0n) is 10.2. The average Bonchev–Trinajstić information content (AvgIpc) is 2.27. The Balaban J connectivity index is 1.77. The smallest absolute Gasteiger partial charge is 0.128 e. The Hall–Kier alpha value is -0.650. The van der Waals surface area contributed by atoms with Crippen molar-refractivity contribution < 1.29 is 9.13 Å². The van der Waals surface area contributed by atoms with Crippen molar-refractivity contribution in [3.8, 4) is 5.75 Å². The number of piperidine rings is 1. The molecule has 5 heteroatoms. The van der Waals surface area contributed by atoms with E-state index in [1.807, 2.05) is 0 Å². The summed E-state index contributed by atoms with van der Waals surface area (Å²) >= 11 is 3.24. The lowest BCUT2D eigenvalue weighted by atomic mass is 10.1. The van der Waals surface area contributed by atoms with Crippen LogP contribution in [0.25, 0.3) is 0 Å². The van der Waals surface area contributed by atoms with E-state index in [9.17, 15) is 4.39 Å². The number of nitrogens with zero attached hydrogens (tertiary/aromatic N) is 1. The van der Waals surface area contributed by atoms with Gasteiger partial charge in [0.1, 0.15) is 18.2 Å². The summed E-state index contributed by atoms with van der Waals surface area (Å²) < 4.78 is 19.4. The van der Waals surface area contributed by atoms with Crippen LogP contribution < -0.4 is 10.5 Å². The molecular formula is C13H18BrFN2O. The van der Waals surface area contributed by atoms with E-state index >= 15 is 0 Å². The van der Waals surface area contributed by atoms with Crippen LogP contribution in [0.5, 0.6) is 5.75 Å². The SMILES string of the molecule is NC1CCCN(CCOc2cc(F)cc(Br)c2)C1. The summed E-state index contributed by atoms with van der Waals surface area (Å²) in [5.74, 6) is 0.266. The van der Waals surface area contributed by atoms with Gasteiger partial charge in [-0.05, 0) is 31.5 Å². The predicted molar refractivity (Wildman–Crippen MR) is 73.2 cm³/mol. The van der Waals surface area contributed by atoms with Crippen molar-refractivity contribution in [2.45, 2.75) is 18.9 Å².